The van der Waals surface area contributed by atoms with Crippen LogP contribution in [0.2, 0.25) is 0 Å². The first-order valence-electron chi connectivity index (χ1n) is 10.2. The van der Waals surface area contributed by atoms with Gasteiger partial charge in [-0.1, -0.05) is 48.5 Å². The normalized spacial score (nSPS) is 19.7. The standard InChI is InChI=1S/C23H25N3O5/c1-30-14-12-25(15-17-7-3-2-4-8-17)20(27)16-26-21(28)23(24-22(26)29)11-13-31-19-10-6-5-9-18(19)23/h2-10H,11-16H2,1H3,(H,24,29). The molecule has 0 radical (unpaired) electrons. The highest BCUT2D eigenvalue weighted by molar-refractivity contribution is 6.09. The van der Waals surface area contributed by atoms with Crippen LogP contribution in [0.4, 0.5) is 4.79 Å². The molecule has 4 amide bonds. The molecule has 0 aromatic heterocycles. The average Bonchev–Trinajstić information content (AvgIpc) is 3.02. The van der Waals surface area contributed by atoms with Crippen molar-refractivity contribution in [2.24, 2.45) is 0 Å². The van der Waals surface area contributed by atoms with E-state index in [2.05, 4.69) is 5.32 Å². The molecular weight excluding hydrogens is 398 g/mol. The van der Waals surface area contributed by atoms with Crippen molar-refractivity contribution < 1.29 is 23.9 Å². The molecular formula is C23H25N3O5. The van der Waals surface area contributed by atoms with E-state index >= 15 is 0 Å². The van der Waals surface area contributed by atoms with Crippen LogP contribution >= 0.6 is 0 Å². The van der Waals surface area contributed by atoms with Gasteiger partial charge < -0.3 is 19.7 Å². The number of methoxy groups -OCH3 is 1. The maximum Gasteiger partial charge on any atom is 0.325 e. The first-order chi connectivity index (χ1) is 15.0. The topological polar surface area (TPSA) is 88.2 Å². The number of amides is 4. The lowest BCUT2D eigenvalue weighted by molar-refractivity contribution is -0.140. The highest BCUT2D eigenvalue weighted by atomic mass is 16.5. The van der Waals surface area contributed by atoms with Crippen molar-refractivity contribution in [3.8, 4) is 5.75 Å². The molecule has 1 unspecified atom stereocenters. The summed E-state index contributed by atoms with van der Waals surface area (Å²) in [5.74, 6) is -0.170. The van der Waals surface area contributed by atoms with Gasteiger partial charge in [0.2, 0.25) is 5.91 Å². The van der Waals surface area contributed by atoms with Gasteiger partial charge in [-0.05, 0) is 11.6 Å². The van der Waals surface area contributed by atoms with Gasteiger partial charge in [0, 0.05) is 32.2 Å². The van der Waals surface area contributed by atoms with E-state index in [4.69, 9.17) is 9.47 Å². The highest BCUT2D eigenvalue weighted by Crippen LogP contribution is 2.40. The fourth-order valence-corrected chi connectivity index (χ4v) is 4.05. The molecule has 1 fully saturated rings. The Morgan fingerprint density at radius 3 is 2.68 bits per heavy atom. The number of carbonyl (C=O) groups is 3. The molecule has 2 aromatic rings. The van der Waals surface area contributed by atoms with Gasteiger partial charge in [0.15, 0.2) is 5.54 Å². The number of fused-ring (bicyclic) bond motifs is 2. The maximum absolute atomic E-state index is 13.4. The number of rotatable bonds is 7. The monoisotopic (exact) mass is 423 g/mol. The molecule has 0 saturated carbocycles. The summed E-state index contributed by atoms with van der Waals surface area (Å²) in [6.45, 7) is 1.06. The Kier molecular flexibility index (Phi) is 5.90. The SMILES string of the molecule is COCCN(Cc1ccccc1)C(=O)CN1C(=O)NC2(CCOc3ccccc32)C1=O. The van der Waals surface area contributed by atoms with Crippen LogP contribution < -0.4 is 10.1 Å². The number of imide groups is 1. The molecule has 0 aliphatic carbocycles. The van der Waals surface area contributed by atoms with E-state index in [1.807, 2.05) is 36.4 Å². The zero-order valence-corrected chi connectivity index (χ0v) is 17.4. The van der Waals surface area contributed by atoms with Crippen LogP contribution in [0.1, 0.15) is 17.5 Å². The highest BCUT2D eigenvalue weighted by Gasteiger charge is 2.55. The van der Waals surface area contributed by atoms with E-state index in [-0.39, 0.29) is 12.5 Å². The number of urea groups is 1. The lowest BCUT2D eigenvalue weighted by atomic mass is 9.84. The Morgan fingerprint density at radius 2 is 1.90 bits per heavy atom. The van der Waals surface area contributed by atoms with Crippen molar-refractivity contribution in [3.63, 3.8) is 0 Å². The number of hydrogen-bond donors (Lipinski definition) is 1. The molecule has 8 heteroatoms. The average molecular weight is 423 g/mol. The zero-order chi connectivity index (χ0) is 21.8. The van der Waals surface area contributed by atoms with Gasteiger partial charge in [-0.3, -0.25) is 14.5 Å². The minimum Gasteiger partial charge on any atom is -0.493 e. The summed E-state index contributed by atoms with van der Waals surface area (Å²) >= 11 is 0. The van der Waals surface area contributed by atoms with Crippen molar-refractivity contribution in [2.45, 2.75) is 18.5 Å². The van der Waals surface area contributed by atoms with Crippen molar-refractivity contribution in [3.05, 3.63) is 65.7 Å². The van der Waals surface area contributed by atoms with Gasteiger partial charge in [0.25, 0.3) is 5.91 Å². The smallest absolute Gasteiger partial charge is 0.325 e. The van der Waals surface area contributed by atoms with E-state index in [0.29, 0.717) is 44.0 Å². The van der Waals surface area contributed by atoms with Crippen LogP contribution in [0.25, 0.3) is 0 Å². The molecule has 162 valence electrons. The predicted octanol–water partition coefficient (Wildman–Crippen LogP) is 1.89. The molecule has 8 nitrogen and oxygen atoms in total. The van der Waals surface area contributed by atoms with Crippen LogP contribution in [0.5, 0.6) is 5.75 Å². The Balaban J connectivity index is 1.53. The molecule has 2 aliphatic rings. The lowest BCUT2D eigenvalue weighted by Crippen LogP contribution is -2.48. The quantitative estimate of drug-likeness (QED) is 0.687. The van der Waals surface area contributed by atoms with Crippen molar-refractivity contribution in [2.75, 3.05) is 33.4 Å². The van der Waals surface area contributed by atoms with Crippen molar-refractivity contribution in [1.29, 1.82) is 0 Å². The number of nitrogens with one attached hydrogen (secondary N) is 1. The fourth-order valence-electron chi connectivity index (χ4n) is 4.05. The van der Waals surface area contributed by atoms with E-state index in [0.717, 1.165) is 10.5 Å². The van der Waals surface area contributed by atoms with Gasteiger partial charge >= 0.3 is 6.03 Å². The molecule has 0 bridgehead atoms. The lowest BCUT2D eigenvalue weighted by Gasteiger charge is -2.33. The fraction of sp³-hybridized carbons (Fsp3) is 0.348. The predicted molar refractivity (Wildman–Crippen MR) is 112 cm³/mol. The van der Waals surface area contributed by atoms with E-state index in [1.165, 1.54) is 0 Å². The Labute approximate surface area is 180 Å². The second-order valence-corrected chi connectivity index (χ2v) is 7.62. The van der Waals surface area contributed by atoms with Gasteiger partial charge in [-0.2, -0.15) is 0 Å². The van der Waals surface area contributed by atoms with Crippen molar-refractivity contribution >= 4 is 17.8 Å². The van der Waals surface area contributed by atoms with Crippen LogP contribution in [0.3, 0.4) is 0 Å². The minimum atomic E-state index is -1.19. The van der Waals surface area contributed by atoms with Gasteiger partial charge in [0.1, 0.15) is 12.3 Å². The van der Waals surface area contributed by atoms with E-state index in [9.17, 15) is 14.4 Å². The number of ether oxygens (including phenoxy) is 2. The molecule has 1 spiro atoms. The third kappa shape index (κ3) is 3.98. The van der Waals surface area contributed by atoms with Gasteiger partial charge in [-0.15, -0.1) is 0 Å². The first kappa shape index (κ1) is 20.9. The Morgan fingerprint density at radius 1 is 1.16 bits per heavy atom. The third-order valence-electron chi connectivity index (χ3n) is 5.68. The van der Waals surface area contributed by atoms with Gasteiger partial charge in [0.05, 0.1) is 13.2 Å². The summed E-state index contributed by atoms with van der Waals surface area (Å²) in [4.78, 5) is 41.8. The summed E-state index contributed by atoms with van der Waals surface area (Å²) in [7, 11) is 1.56. The summed E-state index contributed by atoms with van der Waals surface area (Å²) in [5.41, 5.74) is 0.386. The molecule has 1 atom stereocenters. The number of para-hydroxylation sites is 1. The van der Waals surface area contributed by atoms with Crippen LogP contribution in [0, 0.1) is 0 Å². The second-order valence-electron chi connectivity index (χ2n) is 7.62. The Bertz CT molecular complexity index is 980. The number of benzene rings is 2. The molecule has 2 heterocycles. The molecule has 1 saturated heterocycles. The first-order valence-corrected chi connectivity index (χ1v) is 10.2. The third-order valence-corrected chi connectivity index (χ3v) is 5.68. The Hall–Kier alpha value is -3.39. The molecule has 2 aliphatic heterocycles. The summed E-state index contributed by atoms with van der Waals surface area (Å²) in [5, 5.41) is 2.82. The van der Waals surface area contributed by atoms with Gasteiger partial charge in [-0.25, -0.2) is 4.79 Å². The summed E-state index contributed by atoms with van der Waals surface area (Å²) in [6.07, 6.45) is 0.316. The zero-order valence-electron chi connectivity index (χ0n) is 17.4. The molecule has 4 rings (SSSR count). The molecule has 1 N–H and O–H groups in total. The van der Waals surface area contributed by atoms with Crippen LogP contribution in [-0.4, -0.2) is 61.1 Å². The summed E-state index contributed by atoms with van der Waals surface area (Å²) < 4.78 is 10.8. The molecule has 31 heavy (non-hydrogen) atoms. The largest absolute Gasteiger partial charge is 0.493 e. The molecule has 2 aromatic carbocycles. The van der Waals surface area contributed by atoms with Crippen molar-refractivity contribution in [1.82, 2.24) is 15.1 Å². The van der Waals surface area contributed by atoms with Crippen LogP contribution in [0.15, 0.2) is 54.6 Å². The minimum absolute atomic E-state index is 0.304. The second kappa shape index (κ2) is 8.77. The number of carbonyl (C=O) groups excluding carboxylic acids is 3. The summed E-state index contributed by atoms with van der Waals surface area (Å²) in [6, 6.07) is 16.2. The van der Waals surface area contributed by atoms with E-state index in [1.54, 1.807) is 30.2 Å². The maximum atomic E-state index is 13.4. The number of nitrogens with zero attached hydrogens (tertiary/aromatic N) is 2. The van der Waals surface area contributed by atoms with E-state index < -0.39 is 17.5 Å². The van der Waals surface area contributed by atoms with Crippen LogP contribution in [-0.2, 0) is 26.4 Å². The number of hydrogen-bond acceptors (Lipinski definition) is 5.